The van der Waals surface area contributed by atoms with Gasteiger partial charge >= 0.3 is 6.09 Å². The molecule has 1 aliphatic rings. The van der Waals surface area contributed by atoms with Gasteiger partial charge in [0.05, 0.1) is 6.04 Å². The molecule has 0 saturated carbocycles. The highest BCUT2D eigenvalue weighted by Gasteiger charge is 2.37. The van der Waals surface area contributed by atoms with Crippen molar-refractivity contribution in [1.29, 1.82) is 0 Å². The summed E-state index contributed by atoms with van der Waals surface area (Å²) < 4.78 is 10.9. The molecule has 1 atom stereocenters. The van der Waals surface area contributed by atoms with Gasteiger partial charge in [-0.1, -0.05) is 44.2 Å². The molecule has 0 radical (unpaired) electrons. The van der Waals surface area contributed by atoms with Crippen LogP contribution in [0.2, 0.25) is 0 Å². The Bertz CT molecular complexity index is 656. The molecule has 3 rings (SSSR count). The highest BCUT2D eigenvalue weighted by Crippen LogP contribution is 2.37. The number of nitrogens with one attached hydrogen (secondary N) is 1. The van der Waals surface area contributed by atoms with Gasteiger partial charge in [-0.05, 0) is 29.8 Å². The lowest BCUT2D eigenvalue weighted by Crippen LogP contribution is -2.46. The first-order valence-corrected chi connectivity index (χ1v) is 7.31. The summed E-state index contributed by atoms with van der Waals surface area (Å²) in [6, 6.07) is 17.4. The molecule has 1 heterocycles. The molecule has 4 nitrogen and oxygen atoms in total. The van der Waals surface area contributed by atoms with Crippen molar-refractivity contribution < 1.29 is 14.3 Å². The number of amides is 1. The second-order valence-electron chi connectivity index (χ2n) is 6.13. The van der Waals surface area contributed by atoms with Crippen molar-refractivity contribution in [3.05, 3.63) is 60.2 Å². The van der Waals surface area contributed by atoms with Crippen LogP contribution in [0.15, 0.2) is 54.6 Å². The Balaban J connectivity index is 0.00000192. The molecule has 0 unspecified atom stereocenters. The molecule has 1 N–H and O–H groups in total. The fraction of sp³-hybridized carbons (Fsp3) is 0.278. The van der Waals surface area contributed by atoms with Crippen molar-refractivity contribution in [3.63, 3.8) is 0 Å². The molecule has 23 heavy (non-hydrogen) atoms. The lowest BCUT2D eigenvalue weighted by Gasteiger charge is -2.38. The van der Waals surface area contributed by atoms with Crippen LogP contribution in [0.3, 0.4) is 0 Å². The normalized spacial score (nSPS) is 19.0. The van der Waals surface area contributed by atoms with E-state index in [9.17, 15) is 4.79 Å². The first kappa shape index (κ1) is 17.2. The molecule has 122 valence electrons. The summed E-state index contributed by atoms with van der Waals surface area (Å²) in [4.78, 5) is 11.5. The standard InChI is InChI=1S/C18H19NO3.ClH/c1-18(2)12-21-17(20)19-16(18)13-8-10-15(11-9-13)22-14-6-4-3-5-7-14;/h3-11,16H,12H2,1-2H3,(H,19,20);1H/t16-;/m0./s1. The lowest BCUT2D eigenvalue weighted by molar-refractivity contribution is 0.0387. The van der Waals surface area contributed by atoms with Gasteiger partial charge in [0.1, 0.15) is 18.1 Å². The lowest BCUT2D eigenvalue weighted by atomic mass is 9.80. The maximum Gasteiger partial charge on any atom is 0.407 e. The number of cyclic esters (lactones) is 1. The molecule has 0 aliphatic carbocycles. The van der Waals surface area contributed by atoms with Gasteiger partial charge in [0.25, 0.3) is 0 Å². The number of carbonyl (C=O) groups is 1. The van der Waals surface area contributed by atoms with Gasteiger partial charge in [0.15, 0.2) is 0 Å². The van der Waals surface area contributed by atoms with Gasteiger partial charge < -0.3 is 14.8 Å². The molecule has 0 bridgehead atoms. The van der Waals surface area contributed by atoms with Crippen LogP contribution < -0.4 is 10.1 Å². The molecule has 1 saturated heterocycles. The third-order valence-electron chi connectivity index (χ3n) is 3.81. The second-order valence-corrected chi connectivity index (χ2v) is 6.13. The number of benzene rings is 2. The number of halogens is 1. The van der Waals surface area contributed by atoms with Crippen molar-refractivity contribution in [2.24, 2.45) is 5.41 Å². The van der Waals surface area contributed by atoms with E-state index in [1.165, 1.54) is 0 Å². The predicted molar refractivity (Wildman–Crippen MR) is 91.2 cm³/mol. The maximum atomic E-state index is 11.5. The first-order valence-electron chi connectivity index (χ1n) is 7.31. The third-order valence-corrected chi connectivity index (χ3v) is 3.81. The molecule has 0 spiro atoms. The summed E-state index contributed by atoms with van der Waals surface area (Å²) in [7, 11) is 0. The van der Waals surface area contributed by atoms with Gasteiger partial charge in [-0.15, -0.1) is 12.4 Å². The Morgan fingerprint density at radius 2 is 1.65 bits per heavy atom. The summed E-state index contributed by atoms with van der Waals surface area (Å²) in [5.74, 6) is 1.57. The number of alkyl carbamates (subject to hydrolysis) is 1. The van der Waals surface area contributed by atoms with E-state index in [0.717, 1.165) is 17.1 Å². The summed E-state index contributed by atoms with van der Waals surface area (Å²) >= 11 is 0. The fourth-order valence-electron chi connectivity index (χ4n) is 2.58. The number of para-hydroxylation sites is 1. The molecule has 1 fully saturated rings. The van der Waals surface area contributed by atoms with Crippen LogP contribution in [-0.2, 0) is 4.74 Å². The second kappa shape index (κ2) is 6.92. The van der Waals surface area contributed by atoms with E-state index >= 15 is 0 Å². The van der Waals surface area contributed by atoms with Crippen molar-refractivity contribution in [1.82, 2.24) is 5.32 Å². The van der Waals surface area contributed by atoms with Gasteiger partial charge in [-0.25, -0.2) is 4.79 Å². The van der Waals surface area contributed by atoms with Crippen molar-refractivity contribution in [3.8, 4) is 11.5 Å². The molecule has 1 amide bonds. The molecule has 5 heteroatoms. The van der Waals surface area contributed by atoms with Crippen LogP contribution in [0, 0.1) is 5.41 Å². The van der Waals surface area contributed by atoms with E-state index in [1.54, 1.807) is 0 Å². The van der Waals surface area contributed by atoms with Crippen molar-refractivity contribution >= 4 is 18.5 Å². The van der Waals surface area contributed by atoms with Crippen LogP contribution in [0.1, 0.15) is 25.5 Å². The van der Waals surface area contributed by atoms with E-state index < -0.39 is 0 Å². The van der Waals surface area contributed by atoms with Gasteiger partial charge in [0.2, 0.25) is 0 Å². The van der Waals surface area contributed by atoms with Gasteiger partial charge in [-0.3, -0.25) is 0 Å². The summed E-state index contributed by atoms with van der Waals surface area (Å²) in [6.07, 6.45) is -0.367. The molecular weight excluding hydrogens is 314 g/mol. The zero-order chi connectivity index (χ0) is 15.6. The summed E-state index contributed by atoms with van der Waals surface area (Å²) in [5, 5.41) is 2.89. The Labute approximate surface area is 142 Å². The zero-order valence-electron chi connectivity index (χ0n) is 13.1. The Morgan fingerprint density at radius 3 is 2.30 bits per heavy atom. The molecule has 2 aromatic carbocycles. The third kappa shape index (κ3) is 3.96. The van der Waals surface area contributed by atoms with Crippen molar-refractivity contribution in [2.45, 2.75) is 19.9 Å². The molecule has 2 aromatic rings. The average Bonchev–Trinajstić information content (AvgIpc) is 2.52. The van der Waals surface area contributed by atoms with Crippen LogP contribution >= 0.6 is 12.4 Å². The topological polar surface area (TPSA) is 47.6 Å². The Hall–Kier alpha value is -2.20. The van der Waals surface area contributed by atoms with Crippen LogP contribution in [0.5, 0.6) is 11.5 Å². The highest BCUT2D eigenvalue weighted by atomic mass is 35.5. The van der Waals surface area contributed by atoms with Crippen LogP contribution in [0.25, 0.3) is 0 Å². The van der Waals surface area contributed by atoms with Crippen LogP contribution in [0.4, 0.5) is 4.79 Å². The largest absolute Gasteiger partial charge is 0.457 e. The van der Waals surface area contributed by atoms with E-state index in [-0.39, 0.29) is 30.0 Å². The number of hydrogen-bond donors (Lipinski definition) is 1. The maximum absolute atomic E-state index is 11.5. The summed E-state index contributed by atoms with van der Waals surface area (Å²) in [6.45, 7) is 4.56. The fourth-order valence-corrected chi connectivity index (χ4v) is 2.58. The van der Waals surface area contributed by atoms with E-state index in [0.29, 0.717) is 6.61 Å². The van der Waals surface area contributed by atoms with E-state index in [2.05, 4.69) is 19.2 Å². The minimum absolute atomic E-state index is 0. The Kier molecular flexibility index (Phi) is 5.16. The molecule has 1 aliphatic heterocycles. The number of rotatable bonds is 3. The number of ether oxygens (including phenoxy) is 2. The van der Waals surface area contributed by atoms with Crippen molar-refractivity contribution in [2.75, 3.05) is 6.61 Å². The smallest absolute Gasteiger partial charge is 0.407 e. The zero-order valence-corrected chi connectivity index (χ0v) is 13.9. The van der Waals surface area contributed by atoms with E-state index in [1.807, 2.05) is 54.6 Å². The average molecular weight is 334 g/mol. The van der Waals surface area contributed by atoms with Gasteiger partial charge in [0, 0.05) is 5.41 Å². The molecule has 0 aromatic heterocycles. The van der Waals surface area contributed by atoms with Gasteiger partial charge in [-0.2, -0.15) is 0 Å². The van der Waals surface area contributed by atoms with E-state index in [4.69, 9.17) is 9.47 Å². The predicted octanol–water partition coefficient (Wildman–Crippen LogP) is 4.71. The SMILES string of the molecule is CC1(C)COC(=O)N[C@H]1c1ccc(Oc2ccccc2)cc1.Cl. The monoisotopic (exact) mass is 333 g/mol. The highest BCUT2D eigenvalue weighted by molar-refractivity contribution is 5.85. The molecular formula is C18H20ClNO3. The van der Waals surface area contributed by atoms with Crippen LogP contribution in [-0.4, -0.2) is 12.7 Å². The minimum Gasteiger partial charge on any atom is -0.457 e. The Morgan fingerprint density at radius 1 is 1.04 bits per heavy atom. The summed E-state index contributed by atoms with van der Waals surface area (Å²) in [5.41, 5.74) is 0.887. The number of carbonyl (C=O) groups excluding carboxylic acids is 1. The quantitative estimate of drug-likeness (QED) is 0.885. The first-order chi connectivity index (χ1) is 10.5. The minimum atomic E-state index is -0.367. The number of hydrogen-bond acceptors (Lipinski definition) is 3.